The first-order chi connectivity index (χ1) is 34.4. The zero-order valence-electron chi connectivity index (χ0n) is 39.6. The molecule has 26 heteroatoms. The highest BCUT2D eigenvalue weighted by atomic mass is 33.1. The minimum Gasteiger partial charge on any atom is -0.370 e. The van der Waals surface area contributed by atoms with Crippen LogP contribution in [0.1, 0.15) is 62.5 Å². The Hall–Kier alpha value is -6.77. The zero-order valence-corrected chi connectivity index (χ0v) is 41.3. The van der Waals surface area contributed by atoms with Gasteiger partial charge in [0.2, 0.25) is 65.0 Å². The monoisotopic (exact) mass is 1040 g/mol. The molecule has 0 saturated carbocycles. The summed E-state index contributed by atoms with van der Waals surface area (Å²) in [5, 5.41) is 18.0. The number of rotatable bonds is 19. The van der Waals surface area contributed by atoms with Crippen LogP contribution in [0.25, 0.3) is 0 Å². The van der Waals surface area contributed by atoms with Crippen LogP contribution in [0.3, 0.4) is 0 Å². The number of hydrogen-bond acceptors (Lipinski definition) is 15. The minimum atomic E-state index is -1.76. The molecule has 4 rings (SSSR count). The molecule has 2 heterocycles. The Kier molecular flexibility index (Phi) is 23.7. The van der Waals surface area contributed by atoms with Crippen LogP contribution in [-0.2, 0) is 65.6 Å². The summed E-state index contributed by atoms with van der Waals surface area (Å²) >= 11 is 0. The lowest BCUT2D eigenvalue weighted by Gasteiger charge is -2.31. The number of carbonyl (C=O) groups is 11. The number of nitrogens with zero attached hydrogens (tertiary/aromatic N) is 1. The first kappa shape index (κ1) is 57.8. The molecular weight excluding hydrogens is 975 g/mol. The van der Waals surface area contributed by atoms with Gasteiger partial charge in [0.15, 0.2) is 0 Å². The number of primary amides is 3. The van der Waals surface area contributed by atoms with Crippen LogP contribution in [-0.4, -0.2) is 149 Å². The molecule has 0 radical (unpaired) electrons. The molecule has 8 atom stereocenters. The van der Waals surface area contributed by atoms with Crippen LogP contribution in [0, 0.1) is 0 Å². The molecule has 2 aromatic rings. The molecule has 0 spiro atoms. The van der Waals surface area contributed by atoms with Crippen LogP contribution in [0.15, 0.2) is 60.7 Å². The third-order valence-corrected chi connectivity index (χ3v) is 14.0. The molecule has 0 bridgehead atoms. The van der Waals surface area contributed by atoms with E-state index in [0.29, 0.717) is 36.9 Å². The van der Waals surface area contributed by atoms with Crippen molar-refractivity contribution in [3.8, 4) is 0 Å². The number of nitrogens with two attached hydrogens (primary N) is 5. The highest BCUT2D eigenvalue weighted by Crippen LogP contribution is 2.26. The summed E-state index contributed by atoms with van der Waals surface area (Å²) in [5.74, 6) is -9.66. The molecule has 0 aliphatic carbocycles. The van der Waals surface area contributed by atoms with Crippen molar-refractivity contribution in [1.82, 2.24) is 42.1 Å². The van der Waals surface area contributed by atoms with Gasteiger partial charge in [0, 0.05) is 37.3 Å². The number of benzene rings is 2. The second kappa shape index (κ2) is 29.5. The van der Waals surface area contributed by atoms with Crippen molar-refractivity contribution in [2.75, 3.05) is 31.1 Å². The molecule has 0 aromatic heterocycles. The van der Waals surface area contributed by atoms with E-state index in [-0.39, 0.29) is 43.7 Å². The first-order valence-corrected chi connectivity index (χ1v) is 25.9. The molecular formula is C46H65N13O11S2. The summed E-state index contributed by atoms with van der Waals surface area (Å²) in [6, 6.07) is 6.36. The van der Waals surface area contributed by atoms with E-state index in [2.05, 4.69) is 37.2 Å². The predicted molar refractivity (Wildman–Crippen MR) is 267 cm³/mol. The molecule has 2 aromatic carbocycles. The van der Waals surface area contributed by atoms with E-state index < -0.39 is 139 Å². The van der Waals surface area contributed by atoms with Crippen molar-refractivity contribution >= 4 is 86.6 Å². The van der Waals surface area contributed by atoms with Gasteiger partial charge in [-0.1, -0.05) is 82.3 Å². The number of nitrogens with one attached hydrogen (secondary N) is 7. The summed E-state index contributed by atoms with van der Waals surface area (Å²) in [6.07, 6.45) is -0.141. The minimum absolute atomic E-state index is 0.0198. The topological polar surface area (TPSA) is 405 Å². The lowest BCUT2D eigenvalue weighted by Crippen LogP contribution is -2.61. The van der Waals surface area contributed by atoms with Crippen molar-refractivity contribution in [1.29, 1.82) is 0 Å². The number of likely N-dealkylation sites (tertiary alicyclic amines) is 1. The molecule has 1 unspecified atom stereocenters. The summed E-state index contributed by atoms with van der Waals surface area (Å²) < 4.78 is 0. The van der Waals surface area contributed by atoms with Crippen molar-refractivity contribution in [3.05, 3.63) is 71.8 Å². The normalized spacial score (nSPS) is 23.2. The quantitative estimate of drug-likeness (QED) is 0.0471. The fourth-order valence-corrected chi connectivity index (χ4v) is 10.0. The Morgan fingerprint density at radius 2 is 1.21 bits per heavy atom. The van der Waals surface area contributed by atoms with Crippen molar-refractivity contribution in [2.45, 2.75) is 113 Å². The summed E-state index contributed by atoms with van der Waals surface area (Å²) in [6.45, 7) is -0.121. The Labute approximate surface area is 424 Å². The molecule has 11 amide bonds. The molecule has 17 N–H and O–H groups in total. The Morgan fingerprint density at radius 3 is 1.78 bits per heavy atom. The third kappa shape index (κ3) is 19.1. The number of amides is 11. The van der Waals surface area contributed by atoms with E-state index in [1.807, 2.05) is 0 Å². The smallest absolute Gasteiger partial charge is 0.246 e. The summed E-state index contributed by atoms with van der Waals surface area (Å²) in [7, 11) is 2.07. The van der Waals surface area contributed by atoms with Crippen LogP contribution >= 0.6 is 21.6 Å². The Morgan fingerprint density at radius 1 is 0.667 bits per heavy atom. The standard InChI is InChI=1S/C46H65N13O11S2/c47-18-8-7-14-29(40(64)52-23-38(51)62)54-45(69)35-15-9-19-59(35)46(70)34-25-72-71-24-28(48)39(63)55-31(20-26-10-3-1-4-11-26)43(67)56-32(21-27-12-5-2-6-13-27)42(66)53-30(16-17-36(49)60)41(65)57-33(22-37(50)61)44(68)58-34/h1-6,10-13,28-35H,7-9,14-25,47-48H2,(H2,49,60)(H2,50,61)(H2,51,62)(H,52,64)(H,53,66)(H,54,69)(H,55,63)(H,56,67)(H,57,65)(H,58,68)/t28-,29+,30?,31-,32-,33-,34-,35-/m0/s1. The van der Waals surface area contributed by atoms with Gasteiger partial charge in [0.1, 0.15) is 42.3 Å². The van der Waals surface area contributed by atoms with E-state index in [4.69, 9.17) is 28.7 Å². The lowest BCUT2D eigenvalue weighted by atomic mass is 10.0. The molecule has 2 saturated heterocycles. The second-order valence-electron chi connectivity index (χ2n) is 17.3. The molecule has 24 nitrogen and oxygen atoms in total. The predicted octanol–water partition coefficient (Wildman–Crippen LogP) is -4.03. The fourth-order valence-electron chi connectivity index (χ4n) is 7.77. The molecule has 392 valence electrons. The van der Waals surface area contributed by atoms with E-state index in [0.717, 1.165) is 21.6 Å². The van der Waals surface area contributed by atoms with E-state index >= 15 is 0 Å². The Bertz CT molecular complexity index is 2250. The summed E-state index contributed by atoms with van der Waals surface area (Å²) in [4.78, 5) is 149. The first-order valence-electron chi connectivity index (χ1n) is 23.4. The van der Waals surface area contributed by atoms with Gasteiger partial charge < -0.3 is 70.8 Å². The van der Waals surface area contributed by atoms with Gasteiger partial charge >= 0.3 is 0 Å². The number of hydrogen-bond donors (Lipinski definition) is 12. The zero-order chi connectivity index (χ0) is 52.7. The van der Waals surface area contributed by atoms with Gasteiger partial charge in [-0.05, 0) is 56.2 Å². The van der Waals surface area contributed by atoms with Crippen molar-refractivity contribution in [3.63, 3.8) is 0 Å². The van der Waals surface area contributed by atoms with Crippen molar-refractivity contribution < 1.29 is 52.7 Å². The van der Waals surface area contributed by atoms with E-state index in [1.54, 1.807) is 60.7 Å². The highest BCUT2D eigenvalue weighted by Gasteiger charge is 2.40. The molecule has 2 aliphatic rings. The average molecular weight is 1040 g/mol. The largest absolute Gasteiger partial charge is 0.370 e. The SMILES string of the molecule is NCCCC[C@@H](NC(=O)[C@@H]1CCCN1C(=O)[C@@H]1CSSC[C@H](N)C(=O)N[C@@H](Cc2ccccc2)C(=O)N[C@@H](Cc2ccccc2)C(=O)NC(CCC(N)=O)C(=O)N[C@@H](CC(N)=O)C(=O)N1)C(=O)NCC(N)=O. The molecule has 2 aliphatic heterocycles. The van der Waals surface area contributed by atoms with E-state index in [9.17, 15) is 52.7 Å². The second-order valence-corrected chi connectivity index (χ2v) is 19.8. The van der Waals surface area contributed by atoms with Gasteiger partial charge in [0.05, 0.1) is 19.0 Å². The Balaban J connectivity index is 1.70. The van der Waals surface area contributed by atoms with E-state index in [1.165, 1.54) is 4.90 Å². The van der Waals surface area contributed by atoms with Gasteiger partial charge in [-0.2, -0.15) is 0 Å². The van der Waals surface area contributed by atoms with Gasteiger partial charge in [-0.15, -0.1) is 0 Å². The third-order valence-electron chi connectivity index (χ3n) is 11.6. The number of unbranched alkanes of at least 4 members (excludes halogenated alkanes) is 1. The van der Waals surface area contributed by atoms with Crippen LogP contribution in [0.4, 0.5) is 0 Å². The maximum absolute atomic E-state index is 14.6. The highest BCUT2D eigenvalue weighted by molar-refractivity contribution is 8.76. The van der Waals surface area contributed by atoms with Crippen LogP contribution in [0.2, 0.25) is 0 Å². The molecule has 2 fully saturated rings. The average Bonchev–Trinajstić information content (AvgIpc) is 3.84. The lowest BCUT2D eigenvalue weighted by molar-refractivity contribution is -0.142. The van der Waals surface area contributed by atoms with Gasteiger partial charge in [-0.3, -0.25) is 52.7 Å². The van der Waals surface area contributed by atoms with Crippen molar-refractivity contribution in [2.24, 2.45) is 28.7 Å². The van der Waals surface area contributed by atoms with Crippen LogP contribution < -0.4 is 65.9 Å². The summed E-state index contributed by atoms with van der Waals surface area (Å²) in [5.41, 5.74) is 29.4. The fraction of sp³-hybridized carbons (Fsp3) is 0.500. The molecule has 72 heavy (non-hydrogen) atoms. The van der Waals surface area contributed by atoms with Gasteiger partial charge in [-0.25, -0.2) is 0 Å². The van der Waals surface area contributed by atoms with Crippen LogP contribution in [0.5, 0.6) is 0 Å². The maximum Gasteiger partial charge on any atom is 0.246 e. The number of carbonyl (C=O) groups excluding carboxylic acids is 11. The van der Waals surface area contributed by atoms with Gasteiger partial charge in [0.25, 0.3) is 0 Å². The maximum atomic E-state index is 14.6.